The van der Waals surface area contributed by atoms with Crippen LogP contribution < -0.4 is 14.7 Å². The van der Waals surface area contributed by atoms with Crippen molar-refractivity contribution in [1.82, 2.24) is 24.8 Å². The molecule has 0 aromatic carbocycles. The monoisotopic (exact) mass is 340 g/mol. The Bertz CT molecular complexity index is 693. The molecule has 0 amide bonds. The van der Waals surface area contributed by atoms with Crippen molar-refractivity contribution in [3.05, 3.63) is 30.7 Å². The molecular weight excluding hydrogens is 316 g/mol. The van der Waals surface area contributed by atoms with Gasteiger partial charge in [-0.25, -0.2) is 15.0 Å². The first-order valence-corrected chi connectivity index (χ1v) is 8.72. The lowest BCUT2D eigenvalue weighted by Crippen LogP contribution is -2.63. The maximum atomic E-state index is 4.62. The topological polar surface area (TPSA) is 64.5 Å². The molecule has 4 rings (SSSR count). The van der Waals surface area contributed by atoms with Crippen molar-refractivity contribution < 1.29 is 0 Å². The largest absolute Gasteiger partial charge is 0.353 e. The Balaban J connectivity index is 1.30. The Hall–Kier alpha value is -2.48. The fourth-order valence-corrected chi connectivity index (χ4v) is 3.35. The number of piperazine rings is 1. The van der Waals surface area contributed by atoms with Gasteiger partial charge in [-0.1, -0.05) is 0 Å². The van der Waals surface area contributed by atoms with Gasteiger partial charge in [0, 0.05) is 78.0 Å². The lowest BCUT2D eigenvalue weighted by atomic mass is 10.1. The van der Waals surface area contributed by atoms with Gasteiger partial charge in [0.1, 0.15) is 5.82 Å². The highest BCUT2D eigenvalue weighted by Crippen LogP contribution is 2.24. The van der Waals surface area contributed by atoms with Crippen molar-refractivity contribution >= 4 is 17.7 Å². The SMILES string of the molecule is CN(C)c1nccc(N2CC(N3CCN(c4ncccn4)CC3)C2)n1. The first-order chi connectivity index (χ1) is 12.2. The van der Waals surface area contributed by atoms with Crippen LogP contribution in [-0.4, -0.2) is 84.2 Å². The number of rotatable bonds is 4. The Morgan fingerprint density at radius 1 is 0.920 bits per heavy atom. The third-order valence-electron chi connectivity index (χ3n) is 4.88. The normalized spacial score (nSPS) is 19.0. The summed E-state index contributed by atoms with van der Waals surface area (Å²) in [6.45, 7) is 6.15. The Labute approximate surface area is 148 Å². The van der Waals surface area contributed by atoms with E-state index in [1.165, 1.54) is 0 Å². The molecule has 0 unspecified atom stereocenters. The van der Waals surface area contributed by atoms with E-state index >= 15 is 0 Å². The molecule has 4 heterocycles. The van der Waals surface area contributed by atoms with Crippen molar-refractivity contribution in [3.63, 3.8) is 0 Å². The minimum Gasteiger partial charge on any atom is -0.353 e. The first kappa shape index (κ1) is 16.0. The molecule has 0 radical (unpaired) electrons. The highest BCUT2D eigenvalue weighted by Gasteiger charge is 2.34. The molecule has 132 valence electrons. The predicted molar refractivity (Wildman–Crippen MR) is 98.2 cm³/mol. The average Bonchev–Trinajstić information content (AvgIpc) is 2.62. The first-order valence-electron chi connectivity index (χ1n) is 8.72. The Kier molecular flexibility index (Phi) is 4.35. The molecule has 2 fully saturated rings. The van der Waals surface area contributed by atoms with Crippen molar-refractivity contribution in [2.75, 3.05) is 68.1 Å². The van der Waals surface area contributed by atoms with Crippen molar-refractivity contribution in [2.45, 2.75) is 6.04 Å². The van der Waals surface area contributed by atoms with Gasteiger partial charge in [-0.2, -0.15) is 4.98 Å². The predicted octanol–water partition coefficient (Wildman–Crippen LogP) is 0.343. The van der Waals surface area contributed by atoms with Crippen LogP contribution in [0.2, 0.25) is 0 Å². The summed E-state index contributed by atoms with van der Waals surface area (Å²) < 4.78 is 0. The molecular formula is C17H24N8. The third-order valence-corrected chi connectivity index (χ3v) is 4.88. The maximum Gasteiger partial charge on any atom is 0.226 e. The summed E-state index contributed by atoms with van der Waals surface area (Å²) in [6, 6.07) is 4.46. The second kappa shape index (κ2) is 6.79. The molecule has 0 aliphatic carbocycles. The number of anilines is 3. The summed E-state index contributed by atoms with van der Waals surface area (Å²) in [5, 5.41) is 0. The van der Waals surface area contributed by atoms with E-state index in [2.05, 4.69) is 34.6 Å². The van der Waals surface area contributed by atoms with Gasteiger partial charge in [-0.05, 0) is 12.1 Å². The average molecular weight is 340 g/mol. The lowest BCUT2D eigenvalue weighted by molar-refractivity contribution is 0.156. The van der Waals surface area contributed by atoms with E-state index in [1.807, 2.05) is 49.7 Å². The summed E-state index contributed by atoms with van der Waals surface area (Å²) in [5.41, 5.74) is 0. The summed E-state index contributed by atoms with van der Waals surface area (Å²) in [6.07, 6.45) is 5.45. The van der Waals surface area contributed by atoms with Crippen LogP contribution >= 0.6 is 0 Å². The van der Waals surface area contributed by atoms with Crippen LogP contribution in [0.25, 0.3) is 0 Å². The third kappa shape index (κ3) is 3.34. The zero-order chi connectivity index (χ0) is 17.2. The van der Waals surface area contributed by atoms with Crippen molar-refractivity contribution in [3.8, 4) is 0 Å². The van der Waals surface area contributed by atoms with Gasteiger partial charge in [0.05, 0.1) is 0 Å². The van der Waals surface area contributed by atoms with Crippen LogP contribution in [0.1, 0.15) is 0 Å². The fraction of sp³-hybridized carbons (Fsp3) is 0.529. The minimum absolute atomic E-state index is 0.608. The highest BCUT2D eigenvalue weighted by molar-refractivity contribution is 5.46. The van der Waals surface area contributed by atoms with Gasteiger partial charge in [-0.15, -0.1) is 0 Å². The van der Waals surface area contributed by atoms with E-state index < -0.39 is 0 Å². The van der Waals surface area contributed by atoms with E-state index in [1.54, 1.807) is 0 Å². The van der Waals surface area contributed by atoms with Gasteiger partial charge in [0.15, 0.2) is 0 Å². The molecule has 0 N–H and O–H groups in total. The van der Waals surface area contributed by atoms with Gasteiger partial charge in [-0.3, -0.25) is 4.90 Å². The second-order valence-electron chi connectivity index (χ2n) is 6.74. The molecule has 0 atom stereocenters. The van der Waals surface area contributed by atoms with E-state index in [9.17, 15) is 0 Å². The van der Waals surface area contributed by atoms with Crippen LogP contribution in [0.15, 0.2) is 30.7 Å². The molecule has 2 aliphatic heterocycles. The molecule has 8 heteroatoms. The lowest BCUT2D eigenvalue weighted by Gasteiger charge is -2.48. The number of hydrogen-bond acceptors (Lipinski definition) is 8. The zero-order valence-electron chi connectivity index (χ0n) is 14.8. The van der Waals surface area contributed by atoms with E-state index in [0.717, 1.165) is 57.0 Å². The molecule has 8 nitrogen and oxygen atoms in total. The smallest absolute Gasteiger partial charge is 0.226 e. The van der Waals surface area contributed by atoms with Gasteiger partial charge < -0.3 is 14.7 Å². The van der Waals surface area contributed by atoms with Crippen molar-refractivity contribution in [2.24, 2.45) is 0 Å². The molecule has 2 aliphatic rings. The van der Waals surface area contributed by atoms with Gasteiger partial charge in [0.25, 0.3) is 0 Å². The summed E-state index contributed by atoms with van der Waals surface area (Å²) in [7, 11) is 3.93. The summed E-state index contributed by atoms with van der Waals surface area (Å²) >= 11 is 0. The van der Waals surface area contributed by atoms with E-state index in [-0.39, 0.29) is 0 Å². The standard InChI is InChI=1S/C17H24N8/c1-22(2)17-20-7-4-15(21-17)25-12-14(13-25)23-8-10-24(11-9-23)16-18-5-3-6-19-16/h3-7,14H,8-13H2,1-2H3. The number of aromatic nitrogens is 4. The molecule has 0 spiro atoms. The Morgan fingerprint density at radius 2 is 1.64 bits per heavy atom. The molecule has 2 saturated heterocycles. The number of hydrogen-bond donors (Lipinski definition) is 0. The number of nitrogens with zero attached hydrogens (tertiary/aromatic N) is 8. The van der Waals surface area contributed by atoms with Crippen molar-refractivity contribution in [1.29, 1.82) is 0 Å². The Morgan fingerprint density at radius 3 is 2.32 bits per heavy atom. The summed E-state index contributed by atoms with van der Waals surface area (Å²) in [5.74, 6) is 2.62. The fourth-order valence-electron chi connectivity index (χ4n) is 3.35. The zero-order valence-corrected chi connectivity index (χ0v) is 14.8. The molecule has 25 heavy (non-hydrogen) atoms. The van der Waals surface area contributed by atoms with Crippen LogP contribution in [0.3, 0.4) is 0 Å². The van der Waals surface area contributed by atoms with Crippen LogP contribution in [0.5, 0.6) is 0 Å². The maximum absolute atomic E-state index is 4.62. The van der Waals surface area contributed by atoms with Gasteiger partial charge >= 0.3 is 0 Å². The molecule has 0 saturated carbocycles. The van der Waals surface area contributed by atoms with Crippen LogP contribution in [0, 0.1) is 0 Å². The molecule has 2 aromatic rings. The van der Waals surface area contributed by atoms with Gasteiger partial charge in [0.2, 0.25) is 11.9 Å². The quantitative estimate of drug-likeness (QED) is 0.790. The van der Waals surface area contributed by atoms with Crippen LogP contribution in [0.4, 0.5) is 17.7 Å². The summed E-state index contributed by atoms with van der Waals surface area (Å²) in [4.78, 5) is 26.7. The van der Waals surface area contributed by atoms with E-state index in [4.69, 9.17) is 0 Å². The van der Waals surface area contributed by atoms with E-state index in [0.29, 0.717) is 6.04 Å². The molecule has 2 aromatic heterocycles. The second-order valence-corrected chi connectivity index (χ2v) is 6.74. The molecule has 0 bridgehead atoms. The van der Waals surface area contributed by atoms with Crippen LogP contribution in [-0.2, 0) is 0 Å². The highest BCUT2D eigenvalue weighted by atomic mass is 15.4. The minimum atomic E-state index is 0.608.